The second kappa shape index (κ2) is 16.9. The molecule has 0 aliphatic heterocycles. The van der Waals surface area contributed by atoms with E-state index in [1.54, 1.807) is 0 Å². The molecule has 0 bridgehead atoms. The molecule has 0 atom stereocenters. The zero-order valence-electron chi connectivity index (χ0n) is 12.9. The van der Waals surface area contributed by atoms with E-state index in [4.69, 9.17) is 17.2 Å². The summed E-state index contributed by atoms with van der Waals surface area (Å²) in [6, 6.07) is 1.000. The summed E-state index contributed by atoms with van der Waals surface area (Å²) in [5, 5.41) is 0. The minimum atomic E-state index is 0.333. The fourth-order valence-electron chi connectivity index (χ4n) is 0.436. The molecule has 6 N–H and O–H groups in total. The van der Waals surface area contributed by atoms with Crippen LogP contribution in [-0.2, 0) is 17.4 Å². The molecule has 0 amide bonds. The molecule has 4 heteroatoms. The number of hydrogen-bond acceptors (Lipinski definition) is 3. The van der Waals surface area contributed by atoms with E-state index < -0.39 is 0 Å². The van der Waals surface area contributed by atoms with E-state index in [9.17, 15) is 0 Å². The molecule has 0 radical (unpaired) electrons. The number of hydrogen-bond donors (Lipinski definition) is 3. The van der Waals surface area contributed by atoms with E-state index in [2.05, 4.69) is 35.7 Å². The van der Waals surface area contributed by atoms with Gasteiger partial charge in [-0.2, -0.15) is 0 Å². The van der Waals surface area contributed by atoms with Crippen molar-refractivity contribution in [1.82, 2.24) is 0 Å². The van der Waals surface area contributed by atoms with Crippen molar-refractivity contribution >= 4 is 0 Å². The van der Waals surface area contributed by atoms with E-state index in [1.165, 1.54) is 4.28 Å². The molecule has 0 fully saturated rings. The first kappa shape index (κ1) is 23.1. The van der Waals surface area contributed by atoms with Crippen LogP contribution < -0.4 is 17.2 Å². The molecule has 18 heavy (non-hydrogen) atoms. The third-order valence-corrected chi connectivity index (χ3v) is 1.27. The molecule has 3 nitrogen and oxygen atoms in total. The van der Waals surface area contributed by atoms with E-state index >= 15 is 0 Å². The molecule has 0 unspecified atom stereocenters. The number of allylic oxidation sites excluding steroid dienone is 4. The van der Waals surface area contributed by atoms with Crippen molar-refractivity contribution in [3.63, 3.8) is 0 Å². The van der Waals surface area contributed by atoms with Gasteiger partial charge in [-0.3, -0.25) is 0 Å². The summed E-state index contributed by atoms with van der Waals surface area (Å²) in [5.41, 5.74) is 15.3. The molecule has 108 valence electrons. The summed E-state index contributed by atoms with van der Waals surface area (Å²) >= 11 is 2.54. The van der Waals surface area contributed by atoms with Crippen molar-refractivity contribution in [3.8, 4) is 0 Å². The Bertz CT molecular complexity index is 187. The Labute approximate surface area is 123 Å². The Morgan fingerprint density at radius 3 is 1.22 bits per heavy atom. The molecule has 0 aromatic heterocycles. The summed E-state index contributed by atoms with van der Waals surface area (Å²) in [7, 11) is 0. The van der Waals surface area contributed by atoms with Gasteiger partial charge in [0, 0.05) is 0 Å². The van der Waals surface area contributed by atoms with Crippen molar-refractivity contribution in [2.45, 2.75) is 66.1 Å². The molecule has 1 aliphatic rings. The second-order valence-electron chi connectivity index (χ2n) is 5.02. The SMILES string of the molecule is CC(C)N.CC(C)N.CC(C)N.[V][C]1=CC=CC1. The van der Waals surface area contributed by atoms with Gasteiger partial charge in [-0.1, -0.05) is 41.5 Å². The second-order valence-corrected chi connectivity index (χ2v) is 5.92. The van der Waals surface area contributed by atoms with Crippen LogP contribution in [0.5, 0.6) is 0 Å². The molecule has 1 aliphatic carbocycles. The molecule has 0 saturated heterocycles. The first-order valence-corrected chi connectivity index (χ1v) is 7.10. The zero-order chi connectivity index (χ0) is 15.1. The van der Waals surface area contributed by atoms with Gasteiger partial charge in [0.2, 0.25) is 0 Å². The average Bonchev–Trinajstić information content (AvgIpc) is 2.51. The standard InChI is InChI=1S/C5H5.3C3H9N.V/c1-2-4-5-3-1;3*1-3(2)4;/h1-3H,4H2;3*3H,4H2,1-2H3;. The quantitative estimate of drug-likeness (QED) is 0.642. The van der Waals surface area contributed by atoms with Gasteiger partial charge in [0.05, 0.1) is 0 Å². The Morgan fingerprint density at radius 2 is 1.17 bits per heavy atom. The zero-order valence-corrected chi connectivity index (χ0v) is 14.2. The van der Waals surface area contributed by atoms with Gasteiger partial charge in [-0.05, 0) is 18.1 Å². The third-order valence-electron chi connectivity index (χ3n) is 0.752. The van der Waals surface area contributed by atoms with E-state index in [-0.39, 0.29) is 0 Å². The minimum absolute atomic E-state index is 0.333. The van der Waals surface area contributed by atoms with Gasteiger partial charge in [-0.15, -0.1) is 0 Å². The summed E-state index contributed by atoms with van der Waals surface area (Å²) in [5.74, 6) is 0. The normalized spacial score (nSPS) is 12.1. The van der Waals surface area contributed by atoms with Crippen LogP contribution in [0.1, 0.15) is 48.0 Å². The maximum absolute atomic E-state index is 5.11. The maximum atomic E-state index is 5.11. The fourth-order valence-corrected chi connectivity index (χ4v) is 0.735. The molecule has 0 aromatic rings. The average molecular weight is 293 g/mol. The Hall–Kier alpha value is -0.0556. The summed E-state index contributed by atoms with van der Waals surface area (Å²) in [6.07, 6.45) is 7.47. The van der Waals surface area contributed by atoms with Gasteiger partial charge < -0.3 is 17.2 Å². The van der Waals surface area contributed by atoms with Gasteiger partial charge >= 0.3 is 46.4 Å². The van der Waals surface area contributed by atoms with Crippen molar-refractivity contribution in [3.05, 3.63) is 22.5 Å². The third kappa shape index (κ3) is 73.8. The van der Waals surface area contributed by atoms with Crippen molar-refractivity contribution in [1.29, 1.82) is 0 Å². The molecule has 0 saturated carbocycles. The molecular weight excluding hydrogens is 261 g/mol. The van der Waals surface area contributed by atoms with Crippen LogP contribution in [-0.4, -0.2) is 18.1 Å². The van der Waals surface area contributed by atoms with Crippen LogP contribution in [0.3, 0.4) is 0 Å². The van der Waals surface area contributed by atoms with Gasteiger partial charge in [-0.25, -0.2) is 0 Å². The van der Waals surface area contributed by atoms with E-state index in [0.717, 1.165) is 6.42 Å². The van der Waals surface area contributed by atoms with Gasteiger partial charge in [0.1, 0.15) is 0 Å². The molecule has 0 aromatic carbocycles. The summed E-state index contributed by atoms with van der Waals surface area (Å²) in [4.78, 5) is 0. The van der Waals surface area contributed by atoms with E-state index in [0.29, 0.717) is 18.1 Å². The van der Waals surface area contributed by atoms with Gasteiger partial charge in [0.25, 0.3) is 0 Å². The molecule has 1 rings (SSSR count). The number of rotatable bonds is 0. The predicted molar refractivity (Wildman–Crippen MR) is 79.8 cm³/mol. The Morgan fingerprint density at radius 1 is 0.889 bits per heavy atom. The Balaban J connectivity index is -0.000000171. The van der Waals surface area contributed by atoms with Crippen molar-refractivity contribution < 1.29 is 17.4 Å². The van der Waals surface area contributed by atoms with E-state index in [1.807, 2.05) is 41.5 Å². The van der Waals surface area contributed by atoms with Crippen molar-refractivity contribution in [2.24, 2.45) is 17.2 Å². The first-order chi connectivity index (χ1) is 8.09. The predicted octanol–water partition coefficient (Wildman–Crippen LogP) is 2.44. The molecule has 0 spiro atoms. The van der Waals surface area contributed by atoms with Crippen LogP contribution in [0.15, 0.2) is 22.5 Å². The van der Waals surface area contributed by atoms with Crippen LogP contribution in [0.25, 0.3) is 0 Å². The number of nitrogens with two attached hydrogens (primary N) is 3. The monoisotopic (exact) mass is 293 g/mol. The van der Waals surface area contributed by atoms with Crippen LogP contribution in [0.4, 0.5) is 0 Å². The van der Waals surface area contributed by atoms with Crippen LogP contribution in [0, 0.1) is 0 Å². The first-order valence-electron chi connectivity index (χ1n) is 6.40. The van der Waals surface area contributed by atoms with Gasteiger partial charge in [0.15, 0.2) is 0 Å². The van der Waals surface area contributed by atoms with Crippen LogP contribution >= 0.6 is 0 Å². The molecule has 0 heterocycles. The summed E-state index contributed by atoms with van der Waals surface area (Å²) < 4.78 is 1.41. The fraction of sp³-hybridized carbons (Fsp3) is 0.714. The van der Waals surface area contributed by atoms with Crippen LogP contribution in [0.2, 0.25) is 0 Å². The Kier molecular flexibility index (Phi) is 21.7. The van der Waals surface area contributed by atoms with Crippen molar-refractivity contribution in [2.75, 3.05) is 0 Å². The summed E-state index contributed by atoms with van der Waals surface area (Å²) in [6.45, 7) is 11.7. The topological polar surface area (TPSA) is 78.1 Å². The molecular formula is C14H32N3V.